The molecular formula is C15H21ClN2. The Morgan fingerprint density at radius 1 is 1.11 bits per heavy atom. The number of nitrogens with one attached hydrogen (secondary N) is 1. The summed E-state index contributed by atoms with van der Waals surface area (Å²) in [6.07, 6.45) is 8.68. The summed E-state index contributed by atoms with van der Waals surface area (Å²) in [5.74, 6) is 0.681. The number of rotatable bonds is 2. The first kappa shape index (κ1) is 13.4. The second-order valence-corrected chi connectivity index (χ2v) is 5.25. The van der Waals surface area contributed by atoms with E-state index in [1.165, 1.54) is 48.6 Å². The molecule has 1 fully saturated rings. The van der Waals surface area contributed by atoms with Crippen LogP contribution >= 0.6 is 12.4 Å². The molecule has 0 radical (unpaired) electrons. The average Bonchev–Trinajstić information content (AvgIpc) is 2.86. The number of benzene rings is 1. The molecule has 1 aliphatic carbocycles. The van der Waals surface area contributed by atoms with Gasteiger partial charge in [-0.3, -0.25) is 0 Å². The summed E-state index contributed by atoms with van der Waals surface area (Å²) in [5.41, 5.74) is 8.91. The van der Waals surface area contributed by atoms with E-state index < -0.39 is 0 Å². The van der Waals surface area contributed by atoms with Crippen LogP contribution in [0.1, 0.15) is 43.7 Å². The standard InChI is InChI=1S/C15H20N2.ClH/c16-15(11-4-2-1-3-5-11)13-6-7-14-12(10-13)8-9-17-14;/h6-11,15,17H,1-5,16H2;1H/t15-;/m1./s1. The molecule has 1 saturated carbocycles. The van der Waals surface area contributed by atoms with E-state index in [0.717, 1.165) is 0 Å². The average molecular weight is 265 g/mol. The third-order valence-electron chi connectivity index (χ3n) is 4.12. The second kappa shape index (κ2) is 5.77. The highest BCUT2D eigenvalue weighted by Crippen LogP contribution is 2.33. The summed E-state index contributed by atoms with van der Waals surface area (Å²) in [6.45, 7) is 0. The van der Waals surface area contributed by atoms with Gasteiger partial charge in [0.1, 0.15) is 0 Å². The summed E-state index contributed by atoms with van der Waals surface area (Å²) >= 11 is 0. The van der Waals surface area contributed by atoms with Crippen molar-refractivity contribution in [3.05, 3.63) is 36.0 Å². The highest BCUT2D eigenvalue weighted by atomic mass is 35.5. The molecule has 1 aromatic heterocycles. The highest BCUT2D eigenvalue weighted by Gasteiger charge is 2.21. The third-order valence-corrected chi connectivity index (χ3v) is 4.12. The number of H-pyrrole nitrogens is 1. The maximum absolute atomic E-state index is 6.42. The zero-order chi connectivity index (χ0) is 11.7. The van der Waals surface area contributed by atoms with E-state index in [0.29, 0.717) is 5.92 Å². The molecule has 0 bridgehead atoms. The SMILES string of the molecule is Cl.N[C@@H](c1ccc2[nH]ccc2c1)C1CCCCC1. The normalized spacial score (nSPS) is 18.5. The maximum atomic E-state index is 6.42. The number of nitrogens with two attached hydrogens (primary N) is 1. The highest BCUT2D eigenvalue weighted by molar-refractivity contribution is 5.85. The van der Waals surface area contributed by atoms with E-state index in [-0.39, 0.29) is 18.4 Å². The molecule has 3 N–H and O–H groups in total. The van der Waals surface area contributed by atoms with Crippen molar-refractivity contribution < 1.29 is 0 Å². The van der Waals surface area contributed by atoms with Gasteiger partial charge in [-0.05, 0) is 47.9 Å². The smallest absolute Gasteiger partial charge is 0.0454 e. The molecule has 0 unspecified atom stereocenters. The van der Waals surface area contributed by atoms with Crippen LogP contribution in [0.3, 0.4) is 0 Å². The van der Waals surface area contributed by atoms with Gasteiger partial charge in [0, 0.05) is 17.8 Å². The topological polar surface area (TPSA) is 41.8 Å². The molecule has 0 aliphatic heterocycles. The van der Waals surface area contributed by atoms with Crippen LogP contribution in [0.15, 0.2) is 30.5 Å². The minimum Gasteiger partial charge on any atom is -0.361 e. The van der Waals surface area contributed by atoms with Gasteiger partial charge in [-0.2, -0.15) is 0 Å². The first-order chi connectivity index (χ1) is 8.34. The van der Waals surface area contributed by atoms with Crippen LogP contribution in [-0.4, -0.2) is 4.98 Å². The van der Waals surface area contributed by atoms with Crippen LogP contribution in [0.2, 0.25) is 0 Å². The summed E-state index contributed by atoms with van der Waals surface area (Å²) < 4.78 is 0. The van der Waals surface area contributed by atoms with E-state index in [1.54, 1.807) is 0 Å². The lowest BCUT2D eigenvalue weighted by atomic mass is 9.81. The fourth-order valence-corrected chi connectivity index (χ4v) is 3.04. The first-order valence-electron chi connectivity index (χ1n) is 6.67. The minimum atomic E-state index is 0. The van der Waals surface area contributed by atoms with E-state index in [2.05, 4.69) is 29.2 Å². The van der Waals surface area contributed by atoms with Crippen LogP contribution in [0.5, 0.6) is 0 Å². The molecule has 1 aliphatic rings. The molecule has 18 heavy (non-hydrogen) atoms. The number of aromatic nitrogens is 1. The van der Waals surface area contributed by atoms with Crippen LogP contribution in [-0.2, 0) is 0 Å². The van der Waals surface area contributed by atoms with Crippen molar-refractivity contribution in [3.8, 4) is 0 Å². The summed E-state index contributed by atoms with van der Waals surface area (Å²) in [4.78, 5) is 3.22. The summed E-state index contributed by atoms with van der Waals surface area (Å²) in [7, 11) is 0. The first-order valence-corrected chi connectivity index (χ1v) is 6.67. The predicted molar refractivity (Wildman–Crippen MR) is 79.1 cm³/mol. The predicted octanol–water partition coefficient (Wildman–Crippen LogP) is 4.17. The van der Waals surface area contributed by atoms with Gasteiger partial charge in [0.25, 0.3) is 0 Å². The monoisotopic (exact) mass is 264 g/mol. The number of hydrogen-bond donors (Lipinski definition) is 2. The molecule has 3 heteroatoms. The van der Waals surface area contributed by atoms with Crippen LogP contribution in [0.4, 0.5) is 0 Å². The van der Waals surface area contributed by atoms with Crippen molar-refractivity contribution in [1.29, 1.82) is 0 Å². The van der Waals surface area contributed by atoms with Crippen molar-refractivity contribution in [2.24, 2.45) is 11.7 Å². The fraction of sp³-hybridized carbons (Fsp3) is 0.467. The molecule has 0 saturated heterocycles. The fourth-order valence-electron chi connectivity index (χ4n) is 3.04. The van der Waals surface area contributed by atoms with Gasteiger partial charge in [-0.25, -0.2) is 0 Å². The van der Waals surface area contributed by atoms with E-state index in [9.17, 15) is 0 Å². The van der Waals surface area contributed by atoms with Gasteiger partial charge in [0.15, 0.2) is 0 Å². The number of aromatic amines is 1. The second-order valence-electron chi connectivity index (χ2n) is 5.25. The molecule has 98 valence electrons. The van der Waals surface area contributed by atoms with Crippen molar-refractivity contribution >= 4 is 23.3 Å². The van der Waals surface area contributed by atoms with Crippen LogP contribution in [0.25, 0.3) is 10.9 Å². The van der Waals surface area contributed by atoms with Crippen molar-refractivity contribution in [1.82, 2.24) is 4.98 Å². The third kappa shape index (κ3) is 2.55. The van der Waals surface area contributed by atoms with Gasteiger partial charge in [-0.1, -0.05) is 25.3 Å². The maximum Gasteiger partial charge on any atom is 0.0454 e. The zero-order valence-corrected chi connectivity index (χ0v) is 11.4. The lowest BCUT2D eigenvalue weighted by Crippen LogP contribution is -2.23. The quantitative estimate of drug-likeness (QED) is 0.840. The minimum absolute atomic E-state index is 0. The zero-order valence-electron chi connectivity index (χ0n) is 10.6. The Hall–Kier alpha value is -0.990. The molecule has 1 heterocycles. The number of halogens is 1. The molecule has 3 rings (SSSR count). The van der Waals surface area contributed by atoms with Gasteiger partial charge < -0.3 is 10.7 Å². The van der Waals surface area contributed by atoms with E-state index in [1.807, 2.05) is 6.20 Å². The molecule has 1 atom stereocenters. The lowest BCUT2D eigenvalue weighted by molar-refractivity contribution is 0.308. The Bertz CT molecular complexity index is 500. The molecular weight excluding hydrogens is 244 g/mol. The molecule has 0 amide bonds. The van der Waals surface area contributed by atoms with E-state index >= 15 is 0 Å². The summed E-state index contributed by atoms with van der Waals surface area (Å²) in [5, 5.41) is 1.27. The Morgan fingerprint density at radius 3 is 2.67 bits per heavy atom. The van der Waals surface area contributed by atoms with Gasteiger partial charge >= 0.3 is 0 Å². The van der Waals surface area contributed by atoms with Crippen molar-refractivity contribution in [2.45, 2.75) is 38.1 Å². The Morgan fingerprint density at radius 2 is 1.89 bits per heavy atom. The van der Waals surface area contributed by atoms with Crippen molar-refractivity contribution in [3.63, 3.8) is 0 Å². The Balaban J connectivity index is 0.00000120. The van der Waals surface area contributed by atoms with Crippen LogP contribution in [0, 0.1) is 5.92 Å². The lowest BCUT2D eigenvalue weighted by Gasteiger charge is -2.27. The molecule has 0 spiro atoms. The number of hydrogen-bond acceptors (Lipinski definition) is 1. The van der Waals surface area contributed by atoms with Crippen LogP contribution < -0.4 is 5.73 Å². The number of fused-ring (bicyclic) bond motifs is 1. The Labute approximate surface area is 114 Å². The van der Waals surface area contributed by atoms with Gasteiger partial charge in [-0.15, -0.1) is 12.4 Å². The van der Waals surface area contributed by atoms with Crippen molar-refractivity contribution in [2.75, 3.05) is 0 Å². The summed E-state index contributed by atoms with van der Waals surface area (Å²) in [6, 6.07) is 8.90. The van der Waals surface area contributed by atoms with Gasteiger partial charge in [0.2, 0.25) is 0 Å². The van der Waals surface area contributed by atoms with Gasteiger partial charge in [0.05, 0.1) is 0 Å². The molecule has 1 aromatic carbocycles. The van der Waals surface area contributed by atoms with E-state index in [4.69, 9.17) is 5.73 Å². The molecule has 2 nitrogen and oxygen atoms in total. The largest absolute Gasteiger partial charge is 0.361 e. The Kier molecular flexibility index (Phi) is 4.31. The molecule has 2 aromatic rings.